The first-order valence-electron chi connectivity index (χ1n) is 7.10. The minimum absolute atomic E-state index is 0.333. The van der Waals surface area contributed by atoms with Gasteiger partial charge in [-0.15, -0.1) is 0 Å². The summed E-state index contributed by atoms with van der Waals surface area (Å²) < 4.78 is 6.96. The molecule has 0 atom stereocenters. The molecule has 0 unspecified atom stereocenters. The molecule has 0 N–H and O–H groups in total. The van der Waals surface area contributed by atoms with E-state index in [4.69, 9.17) is 9.72 Å². The van der Waals surface area contributed by atoms with Gasteiger partial charge in [-0.25, -0.2) is 14.8 Å². The van der Waals surface area contributed by atoms with E-state index in [1.807, 2.05) is 40.9 Å². The number of para-hydroxylation sites is 1. The Labute approximate surface area is 126 Å². The van der Waals surface area contributed by atoms with Crippen LogP contribution in [0.3, 0.4) is 0 Å². The lowest BCUT2D eigenvalue weighted by molar-refractivity contribution is 0.0528. The molecule has 0 aliphatic rings. The molecule has 4 rings (SSSR count). The number of ether oxygens (including phenoxy) is 1. The third-order valence-corrected chi connectivity index (χ3v) is 3.64. The van der Waals surface area contributed by atoms with Gasteiger partial charge in [0.1, 0.15) is 11.2 Å². The summed E-state index contributed by atoms with van der Waals surface area (Å²) >= 11 is 0. The number of carbonyl (C=O) groups is 1. The molecule has 5 nitrogen and oxygen atoms in total. The number of hydrogen-bond donors (Lipinski definition) is 0. The Morgan fingerprint density at radius 2 is 2.05 bits per heavy atom. The molecular formula is C17H13N3O2. The summed E-state index contributed by atoms with van der Waals surface area (Å²) in [6, 6.07) is 11.7. The van der Waals surface area contributed by atoms with Gasteiger partial charge < -0.3 is 4.74 Å². The molecule has 0 bridgehead atoms. The lowest BCUT2D eigenvalue weighted by Gasteiger charge is -2.08. The number of aromatic nitrogens is 3. The first kappa shape index (κ1) is 12.8. The van der Waals surface area contributed by atoms with E-state index in [1.54, 1.807) is 19.2 Å². The van der Waals surface area contributed by atoms with Crippen LogP contribution in [-0.4, -0.2) is 26.9 Å². The summed E-state index contributed by atoms with van der Waals surface area (Å²) in [4.78, 5) is 21.1. The highest BCUT2D eigenvalue weighted by molar-refractivity contribution is 6.02. The molecule has 5 heteroatoms. The second-order valence-electron chi connectivity index (χ2n) is 4.99. The van der Waals surface area contributed by atoms with Crippen molar-refractivity contribution in [2.45, 2.75) is 6.92 Å². The van der Waals surface area contributed by atoms with Crippen LogP contribution in [0, 0.1) is 0 Å². The van der Waals surface area contributed by atoms with E-state index in [9.17, 15) is 4.79 Å². The molecule has 0 aliphatic heterocycles. The van der Waals surface area contributed by atoms with Crippen LogP contribution in [0.4, 0.5) is 0 Å². The quantitative estimate of drug-likeness (QED) is 0.420. The fourth-order valence-electron chi connectivity index (χ4n) is 2.67. The van der Waals surface area contributed by atoms with Crippen LogP contribution in [-0.2, 0) is 4.74 Å². The fraction of sp³-hybridized carbons (Fsp3) is 0.118. The first-order chi connectivity index (χ1) is 10.8. The topological polar surface area (TPSA) is 56.5 Å². The van der Waals surface area contributed by atoms with Crippen molar-refractivity contribution in [1.29, 1.82) is 0 Å². The highest BCUT2D eigenvalue weighted by atomic mass is 16.5. The van der Waals surface area contributed by atoms with Crippen LogP contribution in [0.15, 0.2) is 48.8 Å². The van der Waals surface area contributed by atoms with Gasteiger partial charge >= 0.3 is 5.97 Å². The second-order valence-corrected chi connectivity index (χ2v) is 4.99. The standard InChI is InChI=1S/C17H13N3O2/c1-2-22-17(21)13-10-12-9-11-5-3-4-6-14(11)19-15(12)20-8-7-18-16(13)20/h3-10H,2H2,1H3. The van der Waals surface area contributed by atoms with Crippen molar-refractivity contribution < 1.29 is 9.53 Å². The molecule has 108 valence electrons. The molecule has 0 saturated heterocycles. The Morgan fingerprint density at radius 1 is 1.18 bits per heavy atom. The summed E-state index contributed by atoms with van der Waals surface area (Å²) in [7, 11) is 0. The SMILES string of the molecule is CCOC(=O)c1cc2cc3ccccc3nc2n2ccnc12. The van der Waals surface area contributed by atoms with Crippen LogP contribution in [0.5, 0.6) is 0 Å². The number of nitrogens with zero attached hydrogens (tertiary/aromatic N) is 3. The molecule has 4 aromatic rings. The molecule has 3 aromatic heterocycles. The average molecular weight is 291 g/mol. The summed E-state index contributed by atoms with van der Waals surface area (Å²) in [5, 5.41) is 1.91. The number of imidazole rings is 1. The Hall–Kier alpha value is -2.95. The van der Waals surface area contributed by atoms with Crippen molar-refractivity contribution in [3.63, 3.8) is 0 Å². The van der Waals surface area contributed by atoms with Crippen molar-refractivity contribution in [3.8, 4) is 0 Å². The molecule has 0 radical (unpaired) electrons. The van der Waals surface area contributed by atoms with Crippen molar-refractivity contribution in [1.82, 2.24) is 14.4 Å². The van der Waals surface area contributed by atoms with Crippen LogP contribution in [0.1, 0.15) is 17.3 Å². The third kappa shape index (κ3) is 1.83. The molecule has 3 heterocycles. The molecule has 0 fully saturated rings. The first-order valence-corrected chi connectivity index (χ1v) is 7.10. The van der Waals surface area contributed by atoms with Crippen molar-refractivity contribution >= 4 is 33.6 Å². The highest BCUT2D eigenvalue weighted by Crippen LogP contribution is 2.23. The predicted molar refractivity (Wildman–Crippen MR) is 84.0 cm³/mol. The second kappa shape index (κ2) is 4.80. The lowest BCUT2D eigenvalue weighted by atomic mass is 10.1. The lowest BCUT2D eigenvalue weighted by Crippen LogP contribution is -2.08. The average Bonchev–Trinajstić information content (AvgIpc) is 3.02. The van der Waals surface area contributed by atoms with Gasteiger partial charge in [0, 0.05) is 23.2 Å². The van der Waals surface area contributed by atoms with Crippen LogP contribution < -0.4 is 0 Å². The van der Waals surface area contributed by atoms with E-state index in [0.29, 0.717) is 17.8 Å². The zero-order chi connectivity index (χ0) is 15.1. The smallest absolute Gasteiger partial charge is 0.341 e. The Kier molecular flexibility index (Phi) is 2.79. The van der Waals surface area contributed by atoms with Crippen molar-refractivity contribution in [2.24, 2.45) is 0 Å². The van der Waals surface area contributed by atoms with E-state index in [-0.39, 0.29) is 5.97 Å². The van der Waals surface area contributed by atoms with Crippen molar-refractivity contribution in [2.75, 3.05) is 6.61 Å². The van der Waals surface area contributed by atoms with Gasteiger partial charge in [0.2, 0.25) is 0 Å². The van der Waals surface area contributed by atoms with Gasteiger partial charge in [-0.2, -0.15) is 0 Å². The fourth-order valence-corrected chi connectivity index (χ4v) is 2.67. The number of esters is 1. The van der Waals surface area contributed by atoms with Crippen molar-refractivity contribution in [3.05, 3.63) is 54.4 Å². The molecular weight excluding hydrogens is 278 g/mol. The van der Waals surface area contributed by atoms with Gasteiger partial charge in [0.25, 0.3) is 0 Å². The van der Waals surface area contributed by atoms with E-state index in [0.717, 1.165) is 21.9 Å². The molecule has 1 aromatic carbocycles. The number of pyridine rings is 2. The minimum atomic E-state index is -0.367. The Bertz CT molecular complexity index is 1020. The Balaban J connectivity index is 2.11. The largest absolute Gasteiger partial charge is 0.462 e. The number of rotatable bonds is 2. The summed E-state index contributed by atoms with van der Waals surface area (Å²) in [5.41, 5.74) is 2.71. The molecule has 0 saturated carbocycles. The molecule has 0 spiro atoms. The monoisotopic (exact) mass is 291 g/mol. The van der Waals surface area contributed by atoms with Gasteiger partial charge in [-0.1, -0.05) is 18.2 Å². The zero-order valence-corrected chi connectivity index (χ0v) is 12.0. The van der Waals surface area contributed by atoms with Gasteiger partial charge in [-0.05, 0) is 25.1 Å². The van der Waals surface area contributed by atoms with Gasteiger partial charge in [0.05, 0.1) is 12.1 Å². The highest BCUT2D eigenvalue weighted by Gasteiger charge is 2.16. The van der Waals surface area contributed by atoms with E-state index >= 15 is 0 Å². The minimum Gasteiger partial charge on any atom is -0.462 e. The van der Waals surface area contributed by atoms with E-state index < -0.39 is 0 Å². The summed E-state index contributed by atoms with van der Waals surface area (Å²) in [6.07, 6.45) is 3.47. The zero-order valence-electron chi connectivity index (χ0n) is 12.0. The summed E-state index contributed by atoms with van der Waals surface area (Å²) in [6.45, 7) is 2.12. The normalized spacial score (nSPS) is 11.3. The van der Waals surface area contributed by atoms with Gasteiger partial charge in [0.15, 0.2) is 5.65 Å². The van der Waals surface area contributed by atoms with Gasteiger partial charge in [-0.3, -0.25) is 4.40 Å². The molecule has 0 amide bonds. The Morgan fingerprint density at radius 3 is 2.91 bits per heavy atom. The van der Waals surface area contributed by atoms with Crippen LogP contribution in [0.25, 0.3) is 27.6 Å². The van der Waals surface area contributed by atoms with Crippen LogP contribution >= 0.6 is 0 Å². The van der Waals surface area contributed by atoms with E-state index in [1.165, 1.54) is 0 Å². The molecule has 0 aliphatic carbocycles. The number of carbonyl (C=O) groups excluding carboxylic acids is 1. The maximum Gasteiger partial charge on any atom is 0.341 e. The number of fused-ring (bicyclic) bond motifs is 4. The molecule has 22 heavy (non-hydrogen) atoms. The van der Waals surface area contributed by atoms with Crippen LogP contribution in [0.2, 0.25) is 0 Å². The summed E-state index contributed by atoms with van der Waals surface area (Å²) in [5.74, 6) is -0.367. The third-order valence-electron chi connectivity index (χ3n) is 3.64. The number of hydrogen-bond acceptors (Lipinski definition) is 4. The maximum absolute atomic E-state index is 12.2. The maximum atomic E-state index is 12.2. The predicted octanol–water partition coefficient (Wildman–Crippen LogP) is 3.21. The number of benzene rings is 1. The van der Waals surface area contributed by atoms with E-state index in [2.05, 4.69) is 4.98 Å².